The van der Waals surface area contributed by atoms with Gasteiger partial charge in [-0.05, 0) is 133 Å². The second kappa shape index (κ2) is 21.9. The number of ether oxygens (including phenoxy) is 2. The van der Waals surface area contributed by atoms with E-state index in [4.69, 9.17) is 9.47 Å². The van der Waals surface area contributed by atoms with Crippen molar-refractivity contribution in [3.05, 3.63) is 197 Å². The number of carbonyl (C=O) groups excluding carboxylic acids is 3. The van der Waals surface area contributed by atoms with Crippen LogP contribution in [-0.2, 0) is 57.6 Å². The molecule has 3 aliphatic rings. The number of hydrogen-bond acceptors (Lipinski definition) is 7. The fraction of sp³-hybridized carbons (Fsp3) is 0.245. The van der Waals surface area contributed by atoms with Gasteiger partial charge in [-0.3, -0.25) is 20.3 Å². The molecule has 345 valence electrons. The Kier molecular flexibility index (Phi) is 16.6. The average molecular weight is 991 g/mol. The van der Waals surface area contributed by atoms with Crippen molar-refractivity contribution in [3.8, 4) is 11.5 Å². The summed E-state index contributed by atoms with van der Waals surface area (Å²) in [6.07, 6.45) is 1.33. The molecule has 0 bridgehead atoms. The number of benzene rings is 6. The van der Waals surface area contributed by atoms with Gasteiger partial charge in [-0.15, -0.1) is 0 Å². The number of hydrogen-bond donors (Lipinski definition) is 2. The van der Waals surface area contributed by atoms with Crippen LogP contribution in [0.1, 0.15) is 79.2 Å². The second-order valence-corrected chi connectivity index (χ2v) is 16.5. The van der Waals surface area contributed by atoms with Crippen molar-refractivity contribution in [2.24, 2.45) is 11.8 Å². The Hall–Kier alpha value is -5.73. The van der Waals surface area contributed by atoms with E-state index in [0.717, 1.165) is 17.0 Å². The summed E-state index contributed by atoms with van der Waals surface area (Å²) in [5.41, 5.74) is 3.96. The van der Waals surface area contributed by atoms with Crippen molar-refractivity contribution in [3.63, 3.8) is 0 Å². The van der Waals surface area contributed by atoms with Crippen molar-refractivity contribution < 1.29 is 84.3 Å². The zero-order valence-electron chi connectivity index (χ0n) is 35.8. The van der Waals surface area contributed by atoms with Gasteiger partial charge in [-0.25, -0.2) is 17.6 Å². The third-order valence-electron chi connectivity index (χ3n) is 12.1. The molecule has 3 heterocycles. The minimum Gasteiger partial charge on any atom is -0.508 e. The fourth-order valence-electron chi connectivity index (χ4n) is 8.68. The molecule has 3 saturated heterocycles. The van der Waals surface area contributed by atoms with E-state index in [1.165, 1.54) is 60.7 Å². The zero-order chi connectivity index (χ0) is 45.8. The molecule has 6 aromatic rings. The van der Waals surface area contributed by atoms with Crippen molar-refractivity contribution in [1.29, 1.82) is 0 Å². The molecule has 2 N–H and O–H groups in total. The Morgan fingerprint density at radius 3 is 1.39 bits per heavy atom. The zero-order valence-corrected chi connectivity index (χ0v) is 38.7. The number of amides is 2. The number of aromatic hydroxyl groups is 2. The summed E-state index contributed by atoms with van der Waals surface area (Å²) in [7, 11) is 0. The average Bonchev–Trinajstić information content (AvgIpc) is 3.31. The van der Waals surface area contributed by atoms with Crippen LogP contribution in [0.4, 0.5) is 28.9 Å². The quantitative estimate of drug-likeness (QED) is 0.0543. The van der Waals surface area contributed by atoms with Crippen LogP contribution in [0, 0.1) is 41.0 Å². The predicted octanol–water partition coefficient (Wildman–Crippen LogP) is 11.3. The van der Waals surface area contributed by atoms with Crippen LogP contribution in [0.5, 0.6) is 11.5 Å². The summed E-state index contributed by atoms with van der Waals surface area (Å²) < 4.78 is 65.8. The van der Waals surface area contributed by atoms with Crippen LogP contribution >= 0.6 is 0 Å². The van der Waals surface area contributed by atoms with E-state index < -0.39 is 23.3 Å². The smallest absolute Gasteiger partial charge is 0.233 e. The van der Waals surface area contributed by atoms with Crippen LogP contribution in [-0.4, -0.2) is 41.0 Å². The van der Waals surface area contributed by atoms with Crippen LogP contribution < -0.4 is 9.80 Å². The van der Waals surface area contributed by atoms with Crippen LogP contribution in [0.25, 0.3) is 0 Å². The van der Waals surface area contributed by atoms with Gasteiger partial charge in [0.25, 0.3) is 0 Å². The molecule has 14 heteroatoms. The Balaban J connectivity index is 0.000000217. The minimum atomic E-state index is -1.08. The Labute approximate surface area is 412 Å². The van der Waals surface area contributed by atoms with E-state index in [-0.39, 0.29) is 105 Å². The van der Waals surface area contributed by atoms with Crippen molar-refractivity contribution in [2.45, 2.75) is 57.9 Å². The molecule has 0 aromatic heterocycles. The number of phenols is 2. The van der Waals surface area contributed by atoms with E-state index in [0.29, 0.717) is 55.0 Å². The van der Waals surface area contributed by atoms with Gasteiger partial charge in [0.05, 0.1) is 23.9 Å². The monoisotopic (exact) mass is 990 g/mol. The Morgan fingerprint density at radius 2 is 0.970 bits per heavy atom. The third kappa shape index (κ3) is 11.2. The van der Waals surface area contributed by atoms with Gasteiger partial charge in [0, 0.05) is 68.1 Å². The number of Topliss-reactive ketones (excluding diaryl/α,β-unsaturated/α-hetero) is 1. The first-order chi connectivity index (χ1) is 31.3. The summed E-state index contributed by atoms with van der Waals surface area (Å²) in [5.74, 6) is -2.51. The summed E-state index contributed by atoms with van der Waals surface area (Å²) >= 11 is 0. The summed E-state index contributed by atoms with van der Waals surface area (Å²) in [6, 6.07) is 35.6. The SMILES string of the molecule is C.C[C-]1COC(CC[C@H]2C(=O)N(c3ccc(F)cc3)[C@@H]2c2ccc(O)cc2)(c2ccc(F)cc2)OC1.O=C(CC[C@H]1C(=O)N(c2ccc(F)cc2)[C@@H]1c1ccc(O)cc1)c1ccc(F)cc1.[Y]. The molecule has 3 aliphatic heterocycles. The Bertz CT molecular complexity index is 2610. The molecule has 6 aromatic carbocycles. The first kappa shape index (κ1) is 50.7. The number of β-lactam (4-membered cyclic amide) rings is 2. The van der Waals surface area contributed by atoms with Crippen molar-refractivity contribution >= 4 is 29.0 Å². The maximum atomic E-state index is 13.6. The van der Waals surface area contributed by atoms with Crippen LogP contribution in [0.15, 0.2) is 146 Å². The normalized spacial score (nSPS) is 19.7. The van der Waals surface area contributed by atoms with E-state index in [1.54, 1.807) is 94.7 Å². The van der Waals surface area contributed by atoms with Gasteiger partial charge in [0.1, 0.15) is 34.8 Å². The molecule has 9 nitrogen and oxygen atoms in total. The fourth-order valence-corrected chi connectivity index (χ4v) is 8.68. The topological polar surface area (TPSA) is 117 Å². The van der Waals surface area contributed by atoms with Gasteiger partial charge in [0.15, 0.2) is 11.6 Å². The van der Waals surface area contributed by atoms with E-state index in [9.17, 15) is 42.2 Å². The van der Waals surface area contributed by atoms with Gasteiger partial charge in [-0.2, -0.15) is 6.92 Å². The number of phenolic OH excluding ortho intramolecular Hbond substituents is 2. The first-order valence-corrected chi connectivity index (χ1v) is 21.2. The summed E-state index contributed by atoms with van der Waals surface area (Å²) in [5, 5.41) is 19.3. The Morgan fingerprint density at radius 1 is 0.597 bits per heavy atom. The second-order valence-electron chi connectivity index (χ2n) is 16.5. The van der Waals surface area contributed by atoms with Crippen LogP contribution in [0.3, 0.4) is 0 Å². The molecule has 0 spiro atoms. The first-order valence-electron chi connectivity index (χ1n) is 21.2. The minimum absolute atomic E-state index is 0. The van der Waals surface area contributed by atoms with Gasteiger partial charge < -0.3 is 29.5 Å². The molecule has 9 rings (SSSR count). The molecule has 0 saturated carbocycles. The number of ketones is 1. The number of halogens is 4. The molecular formula is C53H49F4N2O7Y-. The molecule has 0 unspecified atom stereocenters. The molecule has 3 fully saturated rings. The summed E-state index contributed by atoms with van der Waals surface area (Å²) in [4.78, 5) is 42.0. The largest absolute Gasteiger partial charge is 0.508 e. The number of rotatable bonds is 12. The number of carbonyl (C=O) groups is 3. The molecule has 1 radical (unpaired) electrons. The van der Waals surface area contributed by atoms with Gasteiger partial charge in [-0.1, -0.05) is 57.0 Å². The molecule has 0 aliphatic carbocycles. The van der Waals surface area contributed by atoms with E-state index in [1.807, 2.05) is 6.92 Å². The van der Waals surface area contributed by atoms with E-state index >= 15 is 0 Å². The molecular weight excluding hydrogens is 941 g/mol. The maximum Gasteiger partial charge on any atom is 0.233 e. The standard InChI is InChI=1S/C28H26F2NO4.C24H19F2NO3.CH4.Y/c1-18-16-34-28(35-17-18,20-4-6-21(29)7-5-20)15-14-25-26(19-2-12-24(32)13-3-19)31(27(25)33)23-10-8-22(30)9-11-23;25-17-5-1-15(2-6-17)22(29)14-13-21-23(16-3-11-20(28)12-4-16)27(24(21)30)19-9-7-18(26)8-10-19;;/h2-13,25-26,32H,14-17H2,1H3;1-12,21,23,28H,13-14H2;1H4;/q-1;;;/t25-,26-;21-,23-;;/m11../s1. The van der Waals surface area contributed by atoms with Gasteiger partial charge in [0.2, 0.25) is 11.8 Å². The molecule has 67 heavy (non-hydrogen) atoms. The maximum absolute atomic E-state index is 13.6. The summed E-state index contributed by atoms with van der Waals surface area (Å²) in [6.45, 7) is 2.78. The molecule has 4 atom stereocenters. The predicted molar refractivity (Wildman–Crippen MR) is 241 cm³/mol. The van der Waals surface area contributed by atoms with Crippen molar-refractivity contribution in [2.75, 3.05) is 23.0 Å². The van der Waals surface area contributed by atoms with E-state index in [2.05, 4.69) is 0 Å². The van der Waals surface area contributed by atoms with Crippen LogP contribution in [0.2, 0.25) is 0 Å². The van der Waals surface area contributed by atoms with Gasteiger partial charge >= 0.3 is 0 Å². The number of nitrogens with zero attached hydrogens (tertiary/aromatic N) is 2. The molecule has 2 amide bonds. The number of anilines is 2. The van der Waals surface area contributed by atoms with Crippen molar-refractivity contribution in [1.82, 2.24) is 0 Å². The third-order valence-corrected chi connectivity index (χ3v) is 12.1.